The molecular formula is C9H9ClO4S. The summed E-state index contributed by atoms with van der Waals surface area (Å²) in [5.74, 6) is -2.58. The van der Waals surface area contributed by atoms with Gasteiger partial charge in [-0.05, 0) is 11.6 Å². The van der Waals surface area contributed by atoms with Crippen LogP contribution in [0.5, 0.6) is 0 Å². The van der Waals surface area contributed by atoms with E-state index in [4.69, 9.17) is 16.7 Å². The molecule has 0 aromatic heterocycles. The van der Waals surface area contributed by atoms with E-state index in [-0.39, 0.29) is 5.75 Å². The molecule has 0 saturated heterocycles. The highest BCUT2D eigenvalue weighted by Crippen LogP contribution is 2.17. The molecule has 1 rings (SSSR count). The van der Waals surface area contributed by atoms with E-state index in [9.17, 15) is 13.2 Å². The number of sulfone groups is 1. The van der Waals surface area contributed by atoms with Crippen LogP contribution in [0.15, 0.2) is 24.3 Å². The normalized spacial score (nSPS) is 11.3. The number of rotatable bonds is 4. The molecule has 0 heterocycles. The van der Waals surface area contributed by atoms with Crippen molar-refractivity contribution in [1.82, 2.24) is 0 Å². The summed E-state index contributed by atoms with van der Waals surface area (Å²) in [5.41, 5.74) is 0.417. The molecule has 0 aliphatic rings. The van der Waals surface area contributed by atoms with E-state index in [0.29, 0.717) is 10.6 Å². The van der Waals surface area contributed by atoms with Crippen LogP contribution in [0.3, 0.4) is 0 Å². The van der Waals surface area contributed by atoms with Crippen LogP contribution in [0.2, 0.25) is 5.02 Å². The average molecular weight is 249 g/mol. The minimum absolute atomic E-state index is 0.325. The smallest absolute Gasteiger partial charge is 0.318 e. The van der Waals surface area contributed by atoms with Crippen molar-refractivity contribution < 1.29 is 18.3 Å². The summed E-state index contributed by atoms with van der Waals surface area (Å²) in [7, 11) is -3.64. The Kier molecular flexibility index (Phi) is 3.71. The van der Waals surface area contributed by atoms with Crippen molar-refractivity contribution >= 4 is 27.4 Å². The second kappa shape index (κ2) is 4.63. The maximum Gasteiger partial charge on any atom is 0.318 e. The lowest BCUT2D eigenvalue weighted by atomic mass is 10.2. The highest BCUT2D eigenvalue weighted by atomic mass is 35.5. The van der Waals surface area contributed by atoms with E-state index in [1.165, 1.54) is 0 Å². The second-order valence-corrected chi connectivity index (χ2v) is 5.49. The van der Waals surface area contributed by atoms with E-state index in [1.54, 1.807) is 24.3 Å². The molecular weight excluding hydrogens is 240 g/mol. The van der Waals surface area contributed by atoms with Crippen LogP contribution >= 0.6 is 11.6 Å². The molecule has 0 aliphatic heterocycles. The van der Waals surface area contributed by atoms with Crippen molar-refractivity contribution in [2.24, 2.45) is 0 Å². The Bertz CT molecular complexity index is 467. The molecule has 0 spiro atoms. The second-order valence-electron chi connectivity index (χ2n) is 3.02. The molecule has 0 fully saturated rings. The number of carboxylic acid groups (broad SMARTS) is 1. The number of hydrogen-bond donors (Lipinski definition) is 1. The Balaban J connectivity index is 2.87. The molecule has 4 nitrogen and oxygen atoms in total. The van der Waals surface area contributed by atoms with Gasteiger partial charge in [-0.15, -0.1) is 0 Å². The molecule has 0 radical (unpaired) electrons. The van der Waals surface area contributed by atoms with Gasteiger partial charge in [0.2, 0.25) is 0 Å². The van der Waals surface area contributed by atoms with Crippen molar-refractivity contribution in [3.63, 3.8) is 0 Å². The van der Waals surface area contributed by atoms with Crippen LogP contribution in [-0.4, -0.2) is 25.2 Å². The van der Waals surface area contributed by atoms with Crippen LogP contribution in [0.25, 0.3) is 0 Å². The molecule has 0 atom stereocenters. The summed E-state index contributed by atoms with van der Waals surface area (Å²) in [6, 6.07) is 6.45. The quantitative estimate of drug-likeness (QED) is 0.873. The number of hydrogen-bond acceptors (Lipinski definition) is 3. The van der Waals surface area contributed by atoms with Crippen LogP contribution in [0, 0.1) is 0 Å². The minimum atomic E-state index is -3.64. The SMILES string of the molecule is O=C(O)CS(=O)(=O)Cc1ccccc1Cl. The summed E-state index contributed by atoms with van der Waals surface area (Å²) in [6.45, 7) is 0. The van der Waals surface area contributed by atoms with Gasteiger partial charge in [-0.2, -0.15) is 0 Å². The first-order chi connectivity index (χ1) is 6.91. The summed E-state index contributed by atoms with van der Waals surface area (Å²) in [6.07, 6.45) is 0. The van der Waals surface area contributed by atoms with Crippen molar-refractivity contribution in [3.8, 4) is 0 Å². The Morgan fingerprint density at radius 2 is 1.93 bits per heavy atom. The van der Waals surface area contributed by atoms with E-state index in [2.05, 4.69) is 0 Å². The van der Waals surface area contributed by atoms with Gasteiger partial charge < -0.3 is 5.11 Å². The van der Waals surface area contributed by atoms with Crippen molar-refractivity contribution in [2.75, 3.05) is 5.75 Å². The van der Waals surface area contributed by atoms with Gasteiger partial charge in [-0.1, -0.05) is 29.8 Å². The molecule has 1 N–H and O–H groups in total. The monoisotopic (exact) mass is 248 g/mol. The van der Waals surface area contributed by atoms with Crippen molar-refractivity contribution in [2.45, 2.75) is 5.75 Å². The van der Waals surface area contributed by atoms with Gasteiger partial charge in [-0.3, -0.25) is 4.79 Å². The van der Waals surface area contributed by atoms with Gasteiger partial charge in [0.05, 0.1) is 5.75 Å². The van der Waals surface area contributed by atoms with E-state index in [1.807, 2.05) is 0 Å². The third-order valence-electron chi connectivity index (χ3n) is 1.68. The summed E-state index contributed by atoms with van der Waals surface area (Å²) >= 11 is 5.75. The fourth-order valence-electron chi connectivity index (χ4n) is 1.09. The third-order valence-corrected chi connectivity index (χ3v) is 3.48. The standard InChI is InChI=1S/C9H9ClO4S/c10-8-4-2-1-3-7(8)5-15(13,14)6-9(11)12/h1-4H,5-6H2,(H,11,12). The van der Waals surface area contributed by atoms with E-state index < -0.39 is 21.6 Å². The average Bonchev–Trinajstić information content (AvgIpc) is 2.06. The van der Waals surface area contributed by atoms with E-state index >= 15 is 0 Å². The Morgan fingerprint density at radius 3 is 2.47 bits per heavy atom. The zero-order chi connectivity index (χ0) is 11.5. The number of aliphatic carboxylic acids is 1. The molecule has 0 aliphatic carbocycles. The van der Waals surface area contributed by atoms with Gasteiger partial charge >= 0.3 is 5.97 Å². The fraction of sp³-hybridized carbons (Fsp3) is 0.222. The van der Waals surface area contributed by atoms with Crippen LogP contribution in [-0.2, 0) is 20.4 Å². The maximum absolute atomic E-state index is 11.3. The minimum Gasteiger partial charge on any atom is -0.480 e. The van der Waals surface area contributed by atoms with Crippen LogP contribution in [0.4, 0.5) is 0 Å². The Hall–Kier alpha value is -1.07. The zero-order valence-corrected chi connectivity index (χ0v) is 9.25. The highest BCUT2D eigenvalue weighted by molar-refractivity contribution is 7.91. The third kappa shape index (κ3) is 3.89. The molecule has 1 aromatic rings. The molecule has 0 amide bonds. The molecule has 6 heteroatoms. The number of carbonyl (C=O) groups is 1. The van der Waals surface area contributed by atoms with Crippen molar-refractivity contribution in [3.05, 3.63) is 34.9 Å². The zero-order valence-electron chi connectivity index (χ0n) is 7.68. The predicted molar refractivity (Wildman–Crippen MR) is 56.6 cm³/mol. The summed E-state index contributed by atoms with van der Waals surface area (Å²) in [5, 5.41) is 8.71. The largest absolute Gasteiger partial charge is 0.480 e. The Morgan fingerprint density at radius 1 is 1.33 bits per heavy atom. The fourth-order valence-corrected chi connectivity index (χ4v) is 2.58. The maximum atomic E-state index is 11.3. The molecule has 82 valence electrons. The van der Waals surface area contributed by atoms with Crippen LogP contribution in [0.1, 0.15) is 5.56 Å². The lowest BCUT2D eigenvalue weighted by molar-refractivity contribution is -0.134. The van der Waals surface area contributed by atoms with Gasteiger partial charge in [0, 0.05) is 5.02 Å². The van der Waals surface area contributed by atoms with Crippen LogP contribution < -0.4 is 0 Å². The van der Waals surface area contributed by atoms with Gasteiger partial charge in [0.1, 0.15) is 5.75 Å². The number of halogens is 1. The van der Waals surface area contributed by atoms with Crippen molar-refractivity contribution in [1.29, 1.82) is 0 Å². The van der Waals surface area contributed by atoms with E-state index in [0.717, 1.165) is 0 Å². The molecule has 15 heavy (non-hydrogen) atoms. The highest BCUT2D eigenvalue weighted by Gasteiger charge is 2.17. The molecule has 1 aromatic carbocycles. The summed E-state index contributed by atoms with van der Waals surface area (Å²) in [4.78, 5) is 10.3. The molecule has 0 unspecified atom stereocenters. The first-order valence-electron chi connectivity index (χ1n) is 4.06. The first kappa shape index (κ1) is 12.0. The summed E-state index contributed by atoms with van der Waals surface area (Å²) < 4.78 is 22.6. The Labute approximate surface area is 92.4 Å². The number of benzene rings is 1. The molecule has 0 bridgehead atoms. The first-order valence-corrected chi connectivity index (χ1v) is 6.26. The van der Waals surface area contributed by atoms with Gasteiger partial charge in [0.25, 0.3) is 0 Å². The predicted octanol–water partition coefficient (Wildman–Crippen LogP) is 1.34. The van der Waals surface area contributed by atoms with Gasteiger partial charge in [-0.25, -0.2) is 8.42 Å². The molecule has 0 saturated carbocycles. The lowest BCUT2D eigenvalue weighted by Gasteiger charge is -2.03. The van der Waals surface area contributed by atoms with Gasteiger partial charge in [0.15, 0.2) is 9.84 Å². The lowest BCUT2D eigenvalue weighted by Crippen LogP contribution is -2.17. The number of carboxylic acids is 1. The topological polar surface area (TPSA) is 71.4 Å².